The van der Waals surface area contributed by atoms with Crippen molar-refractivity contribution in [2.24, 2.45) is 0 Å². The largest absolute Gasteiger partial charge is 0.507 e. The minimum atomic E-state index is -2.48. The molecule has 0 fully saturated rings. The average Bonchev–Trinajstić information content (AvgIpc) is 2.73. The second kappa shape index (κ2) is 9.82. The minimum absolute atomic E-state index is 0.0635. The van der Waals surface area contributed by atoms with Gasteiger partial charge in [0.1, 0.15) is 29.4 Å². The standard InChI is InChI=1S/C13H10O.C10H10O6S/c1-2-4-10(5-3-1)9-14-13-8-11-6-7-12(11)13;1-2-9(17(14)15)16-6-3-4-7(10(12)13)8(11)5-6/h1-8H,9H2;3-5,11H,2H2,1H3,(H,12,13). The summed E-state index contributed by atoms with van der Waals surface area (Å²) < 4.78 is 32.0. The van der Waals surface area contributed by atoms with Gasteiger partial charge in [0, 0.05) is 17.7 Å². The Morgan fingerprint density at radius 3 is 2.23 bits per heavy atom. The van der Waals surface area contributed by atoms with Crippen LogP contribution in [0.3, 0.4) is 0 Å². The number of hydrogen-bond acceptors (Lipinski definition) is 6. The zero-order chi connectivity index (χ0) is 22.4. The molecule has 0 atom stereocenters. The first kappa shape index (κ1) is 21.9. The SMILES string of the molecule is CCC(Oc1ccc(C(=O)O)c(O)c1)=S(=O)=O.c1ccc(COc2cc3ccc2=3)cc1. The lowest BCUT2D eigenvalue weighted by molar-refractivity contribution is 0.0693. The van der Waals surface area contributed by atoms with Crippen LogP contribution in [0.4, 0.5) is 0 Å². The van der Waals surface area contributed by atoms with Gasteiger partial charge in [-0.15, -0.1) is 0 Å². The van der Waals surface area contributed by atoms with Crippen LogP contribution in [-0.4, -0.2) is 29.7 Å². The van der Waals surface area contributed by atoms with Gasteiger partial charge in [0.15, 0.2) is 0 Å². The second-order valence-corrected chi connectivity index (χ2v) is 7.46. The maximum Gasteiger partial charge on any atom is 0.339 e. The third-order valence-electron chi connectivity index (χ3n) is 4.44. The van der Waals surface area contributed by atoms with Crippen LogP contribution >= 0.6 is 0 Å². The molecule has 4 rings (SSSR count). The van der Waals surface area contributed by atoms with E-state index in [9.17, 15) is 18.3 Å². The molecule has 2 aliphatic rings. The Morgan fingerprint density at radius 2 is 1.74 bits per heavy atom. The number of carbonyl (C=O) groups is 1. The molecule has 0 radical (unpaired) electrons. The smallest absolute Gasteiger partial charge is 0.339 e. The van der Waals surface area contributed by atoms with E-state index in [-0.39, 0.29) is 22.8 Å². The van der Waals surface area contributed by atoms with Crippen molar-refractivity contribution in [3.63, 3.8) is 0 Å². The van der Waals surface area contributed by atoms with Crippen LogP contribution in [-0.2, 0) is 16.9 Å². The molecule has 31 heavy (non-hydrogen) atoms. The van der Waals surface area contributed by atoms with Gasteiger partial charge in [-0.05, 0) is 29.0 Å². The molecular weight excluding hydrogens is 420 g/mol. The molecule has 8 heteroatoms. The number of rotatable bonds is 6. The Hall–Kier alpha value is -3.78. The van der Waals surface area contributed by atoms with Gasteiger partial charge in [0.25, 0.3) is 10.3 Å². The summed E-state index contributed by atoms with van der Waals surface area (Å²) in [6.45, 7) is 2.26. The number of hydrogen-bond donors (Lipinski definition) is 2. The van der Waals surface area contributed by atoms with Crippen LogP contribution in [0.15, 0.2) is 66.7 Å². The zero-order valence-electron chi connectivity index (χ0n) is 16.6. The maximum absolute atomic E-state index is 10.7. The van der Waals surface area contributed by atoms with E-state index in [4.69, 9.17) is 14.6 Å². The summed E-state index contributed by atoms with van der Waals surface area (Å²) in [7, 11) is -2.48. The van der Waals surface area contributed by atoms with Crippen LogP contribution in [0.5, 0.6) is 17.2 Å². The summed E-state index contributed by atoms with van der Waals surface area (Å²) in [5.41, 5.74) is 0.935. The third-order valence-corrected chi connectivity index (χ3v) is 5.18. The number of carboxylic acids is 1. The van der Waals surface area contributed by atoms with Crippen molar-refractivity contribution in [2.45, 2.75) is 20.0 Å². The first-order chi connectivity index (χ1) is 14.9. The Morgan fingerprint density at radius 1 is 1.00 bits per heavy atom. The van der Waals surface area contributed by atoms with Crippen LogP contribution in [0.1, 0.15) is 29.3 Å². The molecule has 2 aromatic carbocycles. The van der Waals surface area contributed by atoms with Crippen molar-refractivity contribution < 1.29 is 32.9 Å². The Labute approximate surface area is 180 Å². The highest BCUT2D eigenvalue weighted by Gasteiger charge is 2.11. The molecular formula is C23H20O7S. The first-order valence-corrected chi connectivity index (χ1v) is 10.5. The highest BCUT2D eigenvalue weighted by atomic mass is 32.2. The second-order valence-electron chi connectivity index (χ2n) is 6.53. The normalized spacial score (nSPS) is 10.4. The van der Waals surface area contributed by atoms with Gasteiger partial charge in [-0.2, -0.15) is 8.42 Å². The number of benzene rings is 3. The van der Waals surface area contributed by atoms with Gasteiger partial charge in [-0.1, -0.05) is 49.4 Å². The lowest BCUT2D eigenvalue weighted by Gasteiger charge is -2.12. The van der Waals surface area contributed by atoms with Gasteiger partial charge in [-0.25, -0.2) is 4.79 Å². The van der Waals surface area contributed by atoms with Crippen LogP contribution < -0.4 is 9.47 Å². The number of carboxylic acid groups (broad SMARTS) is 1. The van der Waals surface area contributed by atoms with E-state index in [1.165, 1.54) is 22.1 Å². The average molecular weight is 440 g/mol. The first-order valence-electron chi connectivity index (χ1n) is 9.39. The third kappa shape index (κ3) is 5.43. The number of phenols is 1. The molecule has 7 nitrogen and oxygen atoms in total. The van der Waals surface area contributed by atoms with E-state index < -0.39 is 22.0 Å². The fourth-order valence-electron chi connectivity index (χ4n) is 2.72. The quantitative estimate of drug-likeness (QED) is 0.439. The van der Waals surface area contributed by atoms with E-state index in [2.05, 4.69) is 30.3 Å². The summed E-state index contributed by atoms with van der Waals surface area (Å²) >= 11 is 0. The van der Waals surface area contributed by atoms with Crippen molar-refractivity contribution in [3.05, 3.63) is 88.3 Å². The fraction of sp³-hybridized carbons (Fsp3) is 0.130. The van der Waals surface area contributed by atoms with E-state index in [0.717, 1.165) is 17.9 Å². The van der Waals surface area contributed by atoms with Gasteiger partial charge >= 0.3 is 5.97 Å². The molecule has 0 saturated heterocycles. The van der Waals surface area contributed by atoms with E-state index >= 15 is 0 Å². The highest BCUT2D eigenvalue weighted by molar-refractivity contribution is 7.72. The molecule has 0 saturated carbocycles. The molecule has 0 aliphatic heterocycles. The lowest BCUT2D eigenvalue weighted by atomic mass is 10.1. The van der Waals surface area contributed by atoms with E-state index in [1.807, 2.05) is 18.2 Å². The monoisotopic (exact) mass is 440 g/mol. The van der Waals surface area contributed by atoms with Gasteiger partial charge in [0.2, 0.25) is 5.05 Å². The molecule has 2 aliphatic carbocycles. The summed E-state index contributed by atoms with van der Waals surface area (Å²) in [5, 5.41) is 20.4. The number of aromatic carboxylic acids is 1. The van der Waals surface area contributed by atoms with Crippen molar-refractivity contribution in [1.82, 2.24) is 0 Å². The van der Waals surface area contributed by atoms with E-state index in [0.29, 0.717) is 6.61 Å². The molecule has 0 bridgehead atoms. The van der Waals surface area contributed by atoms with Gasteiger partial charge in [0.05, 0.1) is 0 Å². The summed E-state index contributed by atoms with van der Waals surface area (Å²) in [6.07, 6.45) is 0.164. The van der Waals surface area contributed by atoms with Crippen molar-refractivity contribution >= 4 is 21.3 Å². The van der Waals surface area contributed by atoms with Crippen molar-refractivity contribution in [2.75, 3.05) is 0 Å². The highest BCUT2D eigenvalue weighted by Crippen LogP contribution is 2.25. The fourth-order valence-corrected chi connectivity index (χ4v) is 3.12. The molecule has 0 aromatic heterocycles. The summed E-state index contributed by atoms with van der Waals surface area (Å²) in [6, 6.07) is 19.9. The molecule has 0 unspecified atom stereocenters. The molecule has 160 valence electrons. The number of ether oxygens (including phenoxy) is 2. The minimum Gasteiger partial charge on any atom is -0.507 e. The lowest BCUT2D eigenvalue weighted by Crippen LogP contribution is -2.08. The molecule has 0 amide bonds. The van der Waals surface area contributed by atoms with Crippen LogP contribution in [0.2, 0.25) is 0 Å². The zero-order valence-corrected chi connectivity index (χ0v) is 17.4. The van der Waals surface area contributed by atoms with Crippen LogP contribution in [0.25, 0.3) is 0 Å². The molecule has 0 heterocycles. The van der Waals surface area contributed by atoms with E-state index in [1.54, 1.807) is 6.92 Å². The Kier molecular flexibility index (Phi) is 6.94. The van der Waals surface area contributed by atoms with Crippen molar-refractivity contribution in [1.29, 1.82) is 0 Å². The summed E-state index contributed by atoms with van der Waals surface area (Å²) in [4.78, 5) is 10.6. The summed E-state index contributed by atoms with van der Waals surface area (Å²) in [5.74, 6) is -0.664. The maximum atomic E-state index is 10.7. The molecule has 2 aromatic rings. The van der Waals surface area contributed by atoms with Crippen molar-refractivity contribution in [3.8, 4) is 17.2 Å². The predicted octanol–water partition coefficient (Wildman–Crippen LogP) is 3.75. The Bertz CT molecular complexity index is 1320. The molecule has 2 N–H and O–H groups in total. The predicted molar refractivity (Wildman–Crippen MR) is 115 cm³/mol. The molecule has 0 spiro atoms. The topological polar surface area (TPSA) is 110 Å². The van der Waals surface area contributed by atoms with Gasteiger partial charge < -0.3 is 19.7 Å². The van der Waals surface area contributed by atoms with Crippen LogP contribution in [0, 0.1) is 10.4 Å². The Balaban J connectivity index is 0.000000178. The van der Waals surface area contributed by atoms with Gasteiger partial charge in [-0.3, -0.25) is 0 Å². The number of aromatic hydroxyl groups is 1.